The van der Waals surface area contributed by atoms with E-state index in [0.29, 0.717) is 12.2 Å². The molecular formula is C13H13ClN2O4S. The molecule has 1 aromatic carbocycles. The zero-order valence-corrected chi connectivity index (χ0v) is 12.7. The maximum absolute atomic E-state index is 11.9. The highest BCUT2D eigenvalue weighted by Gasteiger charge is 2.15. The van der Waals surface area contributed by atoms with E-state index in [0.717, 1.165) is 0 Å². The van der Waals surface area contributed by atoms with Gasteiger partial charge in [0.25, 0.3) is 5.91 Å². The van der Waals surface area contributed by atoms with E-state index < -0.39 is 15.9 Å². The molecule has 0 bridgehead atoms. The second-order valence-corrected chi connectivity index (χ2v) is 6.20. The van der Waals surface area contributed by atoms with Crippen LogP contribution in [0, 0.1) is 0 Å². The third kappa shape index (κ3) is 3.63. The Morgan fingerprint density at radius 2 is 1.90 bits per heavy atom. The number of furan rings is 1. The summed E-state index contributed by atoms with van der Waals surface area (Å²) in [6.45, 7) is 2.00. The van der Waals surface area contributed by atoms with Gasteiger partial charge in [0.05, 0.1) is 16.7 Å². The van der Waals surface area contributed by atoms with Crippen LogP contribution in [0.15, 0.2) is 45.9 Å². The molecule has 2 rings (SSSR count). The number of hydrogen-bond acceptors (Lipinski definition) is 4. The normalized spacial score (nSPS) is 11.3. The van der Waals surface area contributed by atoms with Gasteiger partial charge in [0.1, 0.15) is 0 Å². The summed E-state index contributed by atoms with van der Waals surface area (Å²) in [6, 6.07) is 7.25. The number of carbonyl (C=O) groups excluding carboxylic acids is 1. The number of amides is 1. The van der Waals surface area contributed by atoms with Crippen LogP contribution < -0.4 is 10.0 Å². The van der Waals surface area contributed by atoms with Crippen LogP contribution in [0.5, 0.6) is 0 Å². The first kappa shape index (κ1) is 15.6. The maximum Gasteiger partial charge on any atom is 0.260 e. The maximum atomic E-state index is 11.9. The second-order valence-electron chi connectivity index (χ2n) is 4.09. The van der Waals surface area contributed by atoms with Gasteiger partial charge in [-0.1, -0.05) is 6.92 Å². The Kier molecular flexibility index (Phi) is 4.66. The molecule has 0 radical (unpaired) electrons. The Labute approximate surface area is 127 Å². The lowest BCUT2D eigenvalue weighted by molar-refractivity contribution is 0.102. The summed E-state index contributed by atoms with van der Waals surface area (Å²) < 4.78 is 30.8. The number of rotatable bonds is 5. The Hall–Kier alpha value is -1.83. The summed E-state index contributed by atoms with van der Waals surface area (Å²) in [7, 11) is -3.50. The molecule has 0 saturated carbocycles. The Balaban J connectivity index is 2.13. The van der Waals surface area contributed by atoms with Gasteiger partial charge in [0, 0.05) is 12.2 Å². The quantitative estimate of drug-likeness (QED) is 0.882. The fourth-order valence-electron chi connectivity index (χ4n) is 1.64. The second kappa shape index (κ2) is 6.30. The molecule has 2 aromatic rings. The lowest BCUT2D eigenvalue weighted by Gasteiger charge is -2.07. The summed E-state index contributed by atoms with van der Waals surface area (Å²) in [5.41, 5.74) is 0.661. The van der Waals surface area contributed by atoms with Crippen molar-refractivity contribution in [1.29, 1.82) is 0 Å². The van der Waals surface area contributed by atoms with E-state index in [1.807, 2.05) is 0 Å². The van der Waals surface area contributed by atoms with Gasteiger partial charge >= 0.3 is 0 Å². The molecule has 0 spiro atoms. The van der Waals surface area contributed by atoms with Crippen LogP contribution in [0.4, 0.5) is 5.69 Å². The van der Waals surface area contributed by atoms with Gasteiger partial charge in [0.15, 0.2) is 0 Å². The van der Waals surface area contributed by atoms with Crippen LogP contribution in [0.3, 0.4) is 0 Å². The molecule has 21 heavy (non-hydrogen) atoms. The van der Waals surface area contributed by atoms with Crippen LogP contribution in [0.25, 0.3) is 0 Å². The fraction of sp³-hybridized carbons (Fsp3) is 0.154. The molecule has 1 aromatic heterocycles. The largest absolute Gasteiger partial charge is 0.452 e. The SMILES string of the molecule is CCNS(=O)(=O)c1ccc(NC(=O)c2ccoc2Cl)cc1. The van der Waals surface area contributed by atoms with Crippen molar-refractivity contribution in [2.75, 3.05) is 11.9 Å². The molecule has 0 atom stereocenters. The van der Waals surface area contributed by atoms with E-state index in [-0.39, 0.29) is 15.7 Å². The van der Waals surface area contributed by atoms with E-state index >= 15 is 0 Å². The first-order valence-corrected chi connectivity index (χ1v) is 7.94. The standard InChI is InChI=1S/C13H13ClN2O4S/c1-2-15-21(18,19)10-5-3-9(4-6-10)16-13(17)11-7-8-20-12(11)14/h3-8,15H,2H2,1H3,(H,16,17). The number of sulfonamides is 1. The van der Waals surface area contributed by atoms with E-state index in [4.69, 9.17) is 16.0 Å². The van der Waals surface area contributed by atoms with Crippen molar-refractivity contribution in [3.05, 3.63) is 47.4 Å². The average Bonchev–Trinajstić information content (AvgIpc) is 2.85. The van der Waals surface area contributed by atoms with Crippen molar-refractivity contribution < 1.29 is 17.6 Å². The molecule has 1 heterocycles. The highest BCUT2D eigenvalue weighted by molar-refractivity contribution is 7.89. The molecule has 0 aliphatic heterocycles. The Morgan fingerprint density at radius 1 is 1.24 bits per heavy atom. The van der Waals surface area contributed by atoms with Gasteiger partial charge in [-0.3, -0.25) is 4.79 Å². The smallest absolute Gasteiger partial charge is 0.260 e. The van der Waals surface area contributed by atoms with E-state index in [9.17, 15) is 13.2 Å². The summed E-state index contributed by atoms with van der Waals surface area (Å²) in [6.07, 6.45) is 1.31. The van der Waals surface area contributed by atoms with E-state index in [2.05, 4.69) is 10.0 Å². The van der Waals surface area contributed by atoms with Gasteiger partial charge in [-0.2, -0.15) is 0 Å². The minimum atomic E-state index is -3.50. The topological polar surface area (TPSA) is 88.4 Å². The number of benzene rings is 1. The monoisotopic (exact) mass is 328 g/mol. The van der Waals surface area contributed by atoms with E-state index in [1.165, 1.54) is 36.6 Å². The number of halogens is 1. The average molecular weight is 329 g/mol. The van der Waals surface area contributed by atoms with Crippen LogP contribution in [0.1, 0.15) is 17.3 Å². The van der Waals surface area contributed by atoms with Gasteiger partial charge in [0.2, 0.25) is 15.2 Å². The van der Waals surface area contributed by atoms with Crippen molar-refractivity contribution in [3.63, 3.8) is 0 Å². The lowest BCUT2D eigenvalue weighted by Crippen LogP contribution is -2.23. The summed E-state index contributed by atoms with van der Waals surface area (Å²) in [4.78, 5) is 12.0. The summed E-state index contributed by atoms with van der Waals surface area (Å²) in [5, 5.41) is 2.60. The molecule has 0 aliphatic rings. The van der Waals surface area contributed by atoms with E-state index in [1.54, 1.807) is 6.92 Å². The van der Waals surface area contributed by atoms with Crippen molar-refractivity contribution in [2.24, 2.45) is 0 Å². The Morgan fingerprint density at radius 3 is 2.43 bits per heavy atom. The minimum Gasteiger partial charge on any atom is -0.452 e. The molecule has 2 N–H and O–H groups in total. The number of nitrogens with one attached hydrogen (secondary N) is 2. The predicted molar refractivity (Wildman–Crippen MR) is 79.0 cm³/mol. The van der Waals surface area contributed by atoms with Crippen LogP contribution in [-0.4, -0.2) is 20.9 Å². The number of carbonyl (C=O) groups is 1. The number of anilines is 1. The third-order valence-electron chi connectivity index (χ3n) is 2.62. The Bertz CT molecular complexity index is 738. The molecule has 8 heteroatoms. The van der Waals surface area contributed by atoms with Crippen LogP contribution in [0.2, 0.25) is 5.22 Å². The highest BCUT2D eigenvalue weighted by atomic mass is 35.5. The minimum absolute atomic E-state index is 0.00107. The van der Waals surface area contributed by atoms with Crippen molar-refractivity contribution in [3.8, 4) is 0 Å². The molecule has 112 valence electrons. The summed E-state index contributed by atoms with van der Waals surface area (Å²) >= 11 is 5.71. The van der Waals surface area contributed by atoms with Gasteiger partial charge in [-0.25, -0.2) is 13.1 Å². The molecule has 0 aliphatic carbocycles. The zero-order chi connectivity index (χ0) is 15.5. The first-order chi connectivity index (χ1) is 9.94. The highest BCUT2D eigenvalue weighted by Crippen LogP contribution is 2.19. The molecule has 0 fully saturated rings. The zero-order valence-electron chi connectivity index (χ0n) is 11.1. The van der Waals surface area contributed by atoms with Gasteiger partial charge < -0.3 is 9.73 Å². The van der Waals surface area contributed by atoms with Crippen molar-refractivity contribution in [1.82, 2.24) is 4.72 Å². The lowest BCUT2D eigenvalue weighted by atomic mass is 10.3. The van der Waals surface area contributed by atoms with Crippen LogP contribution in [-0.2, 0) is 10.0 Å². The van der Waals surface area contributed by atoms with Crippen LogP contribution >= 0.6 is 11.6 Å². The van der Waals surface area contributed by atoms with Gasteiger partial charge in [-0.15, -0.1) is 0 Å². The van der Waals surface area contributed by atoms with Crippen molar-refractivity contribution in [2.45, 2.75) is 11.8 Å². The first-order valence-electron chi connectivity index (χ1n) is 6.08. The third-order valence-corrected chi connectivity index (χ3v) is 4.47. The summed E-state index contributed by atoms with van der Waals surface area (Å²) in [5.74, 6) is -0.434. The number of hydrogen-bond donors (Lipinski definition) is 2. The molecule has 6 nitrogen and oxygen atoms in total. The molecular weight excluding hydrogens is 316 g/mol. The molecule has 1 amide bonds. The van der Waals surface area contributed by atoms with Gasteiger partial charge in [-0.05, 0) is 41.9 Å². The molecule has 0 unspecified atom stereocenters. The van der Waals surface area contributed by atoms with Crippen molar-refractivity contribution >= 4 is 33.2 Å². The molecule has 0 saturated heterocycles. The predicted octanol–water partition coefficient (Wildman–Crippen LogP) is 2.48. The fourth-order valence-corrected chi connectivity index (χ4v) is 2.89.